The lowest BCUT2D eigenvalue weighted by Crippen LogP contribution is -2.34. The highest BCUT2D eigenvalue weighted by atomic mass is 19.1. The Kier molecular flexibility index (Phi) is 5.95. The van der Waals surface area contributed by atoms with Gasteiger partial charge in [0.2, 0.25) is 0 Å². The van der Waals surface area contributed by atoms with Crippen molar-refractivity contribution in [2.45, 2.75) is 57.6 Å². The predicted octanol–water partition coefficient (Wildman–Crippen LogP) is 4.31. The van der Waals surface area contributed by atoms with Crippen LogP contribution in [-0.4, -0.2) is 39.8 Å². The van der Waals surface area contributed by atoms with Crippen LogP contribution >= 0.6 is 0 Å². The van der Waals surface area contributed by atoms with E-state index in [1.807, 2.05) is 18.2 Å². The van der Waals surface area contributed by atoms with E-state index in [0.29, 0.717) is 36.5 Å². The number of unbranched alkanes of at least 4 members (excludes halogenated alkanes) is 1. The molecule has 6 heteroatoms. The zero-order chi connectivity index (χ0) is 21.3. The lowest BCUT2D eigenvalue weighted by Gasteiger charge is -2.33. The summed E-state index contributed by atoms with van der Waals surface area (Å²) in [6.45, 7) is 2.07. The van der Waals surface area contributed by atoms with E-state index in [-0.39, 0.29) is 24.2 Å². The summed E-state index contributed by atoms with van der Waals surface area (Å²) in [5.74, 6) is -0.756. The molecule has 0 bridgehead atoms. The maximum atomic E-state index is 13.8. The smallest absolute Gasteiger partial charge is 0.303 e. The van der Waals surface area contributed by atoms with Crippen molar-refractivity contribution in [2.75, 3.05) is 0 Å². The van der Waals surface area contributed by atoms with E-state index in [1.165, 1.54) is 12.1 Å². The molecular weight excluding hydrogens is 383 g/mol. The lowest BCUT2D eigenvalue weighted by molar-refractivity contribution is -0.137. The van der Waals surface area contributed by atoms with Gasteiger partial charge in [0.25, 0.3) is 0 Å². The number of hydrogen-bond acceptors (Lipinski definition) is 4. The minimum Gasteiger partial charge on any atom is -0.481 e. The first-order valence-electron chi connectivity index (χ1n) is 10.7. The van der Waals surface area contributed by atoms with Gasteiger partial charge < -0.3 is 10.2 Å². The SMILES string of the molecule is CC1C(C(O)C2CC2)=CC=C2N=C(c3cccc(F)c3)C(CCCCC(=O)O)=NC21. The van der Waals surface area contributed by atoms with E-state index >= 15 is 0 Å². The third kappa shape index (κ3) is 4.43. The van der Waals surface area contributed by atoms with E-state index in [9.17, 15) is 14.3 Å². The Balaban J connectivity index is 1.64. The molecule has 2 aliphatic carbocycles. The minimum atomic E-state index is -0.811. The van der Waals surface area contributed by atoms with Crippen LogP contribution in [0.4, 0.5) is 4.39 Å². The molecule has 1 aromatic rings. The van der Waals surface area contributed by atoms with Crippen molar-refractivity contribution in [1.82, 2.24) is 0 Å². The number of fused-ring (bicyclic) bond motifs is 1. The summed E-state index contributed by atoms with van der Waals surface area (Å²) in [4.78, 5) is 20.7. The number of hydrogen-bond donors (Lipinski definition) is 2. The second kappa shape index (κ2) is 8.64. The molecule has 0 amide bonds. The van der Waals surface area contributed by atoms with Gasteiger partial charge >= 0.3 is 5.97 Å². The van der Waals surface area contributed by atoms with Crippen LogP contribution in [0.3, 0.4) is 0 Å². The number of nitrogens with zero attached hydrogens (tertiary/aromatic N) is 2. The van der Waals surface area contributed by atoms with E-state index < -0.39 is 12.1 Å². The molecule has 3 atom stereocenters. The van der Waals surface area contributed by atoms with E-state index in [4.69, 9.17) is 15.1 Å². The van der Waals surface area contributed by atoms with Crippen molar-refractivity contribution < 1.29 is 19.4 Å². The van der Waals surface area contributed by atoms with E-state index in [0.717, 1.165) is 29.8 Å². The molecule has 2 N–H and O–H groups in total. The molecule has 158 valence electrons. The van der Waals surface area contributed by atoms with Gasteiger partial charge in [-0.25, -0.2) is 9.38 Å². The molecule has 1 fully saturated rings. The molecule has 0 saturated heterocycles. The first kappa shape index (κ1) is 20.7. The topological polar surface area (TPSA) is 82.2 Å². The third-order valence-electron chi connectivity index (χ3n) is 6.12. The van der Waals surface area contributed by atoms with Crippen molar-refractivity contribution in [1.29, 1.82) is 0 Å². The fraction of sp³-hybridized carbons (Fsp3) is 0.458. The second-order valence-electron chi connectivity index (χ2n) is 8.42. The number of carboxylic acid groups (broad SMARTS) is 1. The van der Waals surface area contributed by atoms with Gasteiger partial charge in [0.15, 0.2) is 0 Å². The summed E-state index contributed by atoms with van der Waals surface area (Å²) in [6.07, 6.45) is 7.52. The molecule has 1 aromatic carbocycles. The fourth-order valence-electron chi connectivity index (χ4n) is 4.25. The summed E-state index contributed by atoms with van der Waals surface area (Å²) in [7, 11) is 0. The van der Waals surface area contributed by atoms with Gasteiger partial charge in [-0.05, 0) is 61.8 Å². The lowest BCUT2D eigenvalue weighted by atomic mass is 9.81. The van der Waals surface area contributed by atoms with E-state index in [2.05, 4.69) is 6.92 Å². The number of carboxylic acids is 1. The number of halogens is 1. The number of aliphatic hydroxyl groups is 1. The number of allylic oxidation sites excluding steroid dienone is 2. The van der Waals surface area contributed by atoms with Gasteiger partial charge in [-0.2, -0.15) is 0 Å². The van der Waals surface area contributed by atoms with Crippen LogP contribution in [0.5, 0.6) is 0 Å². The van der Waals surface area contributed by atoms with Crippen molar-refractivity contribution in [2.24, 2.45) is 21.8 Å². The molecule has 1 heterocycles. The van der Waals surface area contributed by atoms with Crippen LogP contribution in [0.15, 0.2) is 57.7 Å². The summed E-state index contributed by atoms with van der Waals surface area (Å²) >= 11 is 0. The molecule has 5 nitrogen and oxygen atoms in total. The maximum absolute atomic E-state index is 13.8. The molecule has 4 rings (SSSR count). The number of benzene rings is 1. The summed E-state index contributed by atoms with van der Waals surface area (Å²) in [6, 6.07) is 6.15. The first-order chi connectivity index (χ1) is 14.4. The van der Waals surface area contributed by atoms with Crippen LogP contribution in [0, 0.1) is 17.7 Å². The van der Waals surface area contributed by atoms with Gasteiger partial charge in [0.05, 0.1) is 29.3 Å². The number of aliphatic hydroxyl groups excluding tert-OH is 1. The molecule has 1 aliphatic heterocycles. The molecule has 30 heavy (non-hydrogen) atoms. The van der Waals surface area contributed by atoms with Crippen molar-refractivity contribution in [3.8, 4) is 0 Å². The second-order valence-corrected chi connectivity index (χ2v) is 8.42. The third-order valence-corrected chi connectivity index (χ3v) is 6.12. The normalized spacial score (nSPS) is 24.2. The number of rotatable bonds is 8. The summed E-state index contributed by atoms with van der Waals surface area (Å²) in [5, 5.41) is 19.5. The average molecular weight is 410 g/mol. The van der Waals surface area contributed by atoms with E-state index in [1.54, 1.807) is 6.07 Å². The Morgan fingerprint density at radius 3 is 2.77 bits per heavy atom. The largest absolute Gasteiger partial charge is 0.481 e. The van der Waals surface area contributed by atoms with Crippen molar-refractivity contribution >= 4 is 17.4 Å². The van der Waals surface area contributed by atoms with Gasteiger partial charge in [-0.15, -0.1) is 0 Å². The Bertz CT molecular complexity index is 959. The van der Waals surface area contributed by atoms with Crippen LogP contribution in [0.2, 0.25) is 0 Å². The Hall–Kier alpha value is -2.60. The molecule has 0 spiro atoms. The molecule has 1 saturated carbocycles. The Morgan fingerprint density at radius 2 is 2.07 bits per heavy atom. The standard InChI is InChI=1S/C24H27FN2O3/c1-14-18(24(30)15-9-10-15)11-12-20-22(14)26-19(7-2-3-8-21(28)29)23(27-20)16-5-4-6-17(25)13-16/h4-6,11-15,22,24,30H,2-3,7-10H2,1H3,(H,28,29). The van der Waals surface area contributed by atoms with Crippen molar-refractivity contribution in [3.63, 3.8) is 0 Å². The van der Waals surface area contributed by atoms with Crippen LogP contribution in [0.25, 0.3) is 0 Å². The monoisotopic (exact) mass is 410 g/mol. The maximum Gasteiger partial charge on any atom is 0.303 e. The summed E-state index contributed by atoms with van der Waals surface area (Å²) in [5.41, 5.74) is 3.93. The predicted molar refractivity (Wildman–Crippen MR) is 114 cm³/mol. The fourth-order valence-corrected chi connectivity index (χ4v) is 4.25. The highest BCUT2D eigenvalue weighted by molar-refractivity contribution is 6.49. The highest BCUT2D eigenvalue weighted by Crippen LogP contribution is 2.41. The molecule has 3 aliphatic rings. The van der Waals surface area contributed by atoms with Gasteiger partial charge in [0, 0.05) is 17.9 Å². The average Bonchev–Trinajstić information content (AvgIpc) is 3.56. The van der Waals surface area contributed by atoms with Crippen LogP contribution < -0.4 is 0 Å². The first-order valence-corrected chi connectivity index (χ1v) is 10.7. The quantitative estimate of drug-likeness (QED) is 0.627. The number of aliphatic carboxylic acids is 1. The van der Waals surface area contributed by atoms with Crippen molar-refractivity contribution in [3.05, 3.63) is 59.1 Å². The number of aliphatic imine (C=N–C) groups is 2. The molecule has 3 unspecified atom stereocenters. The Labute approximate surface area is 175 Å². The van der Waals surface area contributed by atoms with Crippen LogP contribution in [0.1, 0.15) is 51.0 Å². The zero-order valence-corrected chi connectivity index (χ0v) is 17.1. The van der Waals surface area contributed by atoms with Gasteiger partial charge in [-0.1, -0.05) is 25.1 Å². The number of carbonyl (C=O) groups is 1. The van der Waals surface area contributed by atoms with Crippen LogP contribution in [-0.2, 0) is 4.79 Å². The van der Waals surface area contributed by atoms with Gasteiger partial charge in [0.1, 0.15) is 5.82 Å². The molecule has 0 aromatic heterocycles. The molecular formula is C24H27FN2O3. The van der Waals surface area contributed by atoms with Gasteiger partial charge in [-0.3, -0.25) is 9.79 Å². The zero-order valence-electron chi connectivity index (χ0n) is 17.1. The Morgan fingerprint density at radius 1 is 1.27 bits per heavy atom. The highest BCUT2D eigenvalue weighted by Gasteiger charge is 2.39. The minimum absolute atomic E-state index is 0.0347. The summed E-state index contributed by atoms with van der Waals surface area (Å²) < 4.78 is 13.8. The molecule has 0 radical (unpaired) electrons.